The molecule has 1 fully saturated rings. The van der Waals surface area contributed by atoms with Gasteiger partial charge in [0, 0.05) is 0 Å². The zero-order chi connectivity index (χ0) is 13.3. The summed E-state index contributed by atoms with van der Waals surface area (Å²) < 4.78 is 6.40. The number of rotatable bonds is 2. The Morgan fingerprint density at radius 1 is 1.33 bits per heavy atom. The van der Waals surface area contributed by atoms with Crippen LogP contribution in [0.1, 0.15) is 17.6 Å². The van der Waals surface area contributed by atoms with Gasteiger partial charge >= 0.3 is 0 Å². The lowest BCUT2D eigenvalue weighted by molar-refractivity contribution is -0.0531. The number of nitriles is 2. The first kappa shape index (κ1) is 12.5. The molecule has 18 heavy (non-hydrogen) atoms. The molecule has 3 N–H and O–H groups in total. The lowest BCUT2D eigenvalue weighted by Gasteiger charge is -2.16. The van der Waals surface area contributed by atoms with E-state index in [9.17, 15) is 10.2 Å². The number of aromatic nitrogens is 2. The highest BCUT2D eigenvalue weighted by Gasteiger charge is 2.44. The van der Waals surface area contributed by atoms with E-state index >= 15 is 0 Å². The van der Waals surface area contributed by atoms with Crippen LogP contribution in [0.4, 0.5) is 0 Å². The summed E-state index contributed by atoms with van der Waals surface area (Å²) in [5.41, 5.74) is -0.150. The summed E-state index contributed by atoms with van der Waals surface area (Å²) in [6, 6.07) is 3.52. The molecule has 1 aromatic heterocycles. The monoisotopic (exact) mass is 250 g/mol. The second-order valence-electron chi connectivity index (χ2n) is 3.80. The molecule has 1 aliphatic heterocycles. The minimum atomic E-state index is -1.31. The number of imidazole rings is 1. The minimum Gasteiger partial charge on any atom is -0.394 e. The van der Waals surface area contributed by atoms with Crippen molar-refractivity contribution in [3.63, 3.8) is 0 Å². The average molecular weight is 250 g/mol. The smallest absolute Gasteiger partial charge is 0.176 e. The molecule has 1 saturated heterocycles. The van der Waals surface area contributed by atoms with Gasteiger partial charge in [0.15, 0.2) is 17.6 Å². The molecule has 1 aromatic rings. The van der Waals surface area contributed by atoms with Gasteiger partial charge < -0.3 is 20.1 Å². The lowest BCUT2D eigenvalue weighted by Crippen LogP contribution is -2.33. The maximum Gasteiger partial charge on any atom is 0.176 e. The van der Waals surface area contributed by atoms with Gasteiger partial charge in [-0.05, 0) is 0 Å². The standard InChI is InChI=1S/C10H10N4O4/c11-1-5-6(2-12)14(4-13-5)10-9(17)8(16)7(3-15)18-10/h4,7-10,15-17H,3H2/t7-,8-,9-,10-/m0/s1. The van der Waals surface area contributed by atoms with E-state index in [-0.39, 0.29) is 11.4 Å². The topological polar surface area (TPSA) is 135 Å². The number of nitrogens with zero attached hydrogens (tertiary/aromatic N) is 4. The van der Waals surface area contributed by atoms with Crippen LogP contribution >= 0.6 is 0 Å². The van der Waals surface area contributed by atoms with Gasteiger partial charge in [-0.1, -0.05) is 0 Å². The van der Waals surface area contributed by atoms with E-state index in [1.54, 1.807) is 12.1 Å². The first-order valence-electron chi connectivity index (χ1n) is 5.13. The van der Waals surface area contributed by atoms with Crippen LogP contribution in [-0.2, 0) is 4.74 Å². The Labute approximate surface area is 102 Å². The second kappa shape index (κ2) is 4.72. The fourth-order valence-corrected chi connectivity index (χ4v) is 1.86. The maximum absolute atomic E-state index is 9.79. The number of ether oxygens (including phenoxy) is 1. The molecular formula is C10H10N4O4. The Kier molecular flexibility index (Phi) is 3.28. The van der Waals surface area contributed by atoms with E-state index in [2.05, 4.69) is 4.98 Å². The van der Waals surface area contributed by atoms with Gasteiger partial charge in [-0.3, -0.25) is 4.57 Å². The third-order valence-electron chi connectivity index (χ3n) is 2.80. The highest BCUT2D eigenvalue weighted by Crippen LogP contribution is 2.30. The van der Waals surface area contributed by atoms with Gasteiger partial charge in [0.25, 0.3) is 0 Å². The summed E-state index contributed by atoms with van der Waals surface area (Å²) in [6.07, 6.45) is -3.39. The van der Waals surface area contributed by atoms with Gasteiger partial charge in [0.1, 0.15) is 30.5 Å². The molecule has 94 valence electrons. The normalized spacial score (nSPS) is 30.9. The number of hydrogen-bond donors (Lipinski definition) is 3. The Morgan fingerprint density at radius 2 is 2.06 bits per heavy atom. The van der Waals surface area contributed by atoms with Crippen LogP contribution in [0.5, 0.6) is 0 Å². The molecule has 0 spiro atoms. The quantitative estimate of drug-likeness (QED) is 0.565. The third-order valence-corrected chi connectivity index (χ3v) is 2.80. The molecule has 0 aromatic carbocycles. The number of aliphatic hydroxyl groups is 3. The van der Waals surface area contributed by atoms with Crippen molar-refractivity contribution in [3.05, 3.63) is 17.7 Å². The van der Waals surface area contributed by atoms with Crippen molar-refractivity contribution in [1.29, 1.82) is 10.5 Å². The summed E-state index contributed by atoms with van der Waals surface area (Å²) in [5.74, 6) is 0. The van der Waals surface area contributed by atoms with E-state index in [1.807, 2.05) is 0 Å². The minimum absolute atomic E-state index is 0.0626. The summed E-state index contributed by atoms with van der Waals surface area (Å²) in [4.78, 5) is 3.70. The van der Waals surface area contributed by atoms with E-state index in [0.29, 0.717) is 0 Å². The molecule has 0 bridgehead atoms. The number of aliphatic hydroxyl groups excluding tert-OH is 3. The summed E-state index contributed by atoms with van der Waals surface area (Å²) in [5, 5.41) is 46.0. The maximum atomic E-state index is 9.79. The fraction of sp³-hybridized carbons (Fsp3) is 0.500. The van der Waals surface area contributed by atoms with Crippen LogP contribution in [0.25, 0.3) is 0 Å². The van der Waals surface area contributed by atoms with Gasteiger partial charge in [0.2, 0.25) is 0 Å². The van der Waals surface area contributed by atoms with Gasteiger partial charge in [0.05, 0.1) is 12.9 Å². The molecule has 2 rings (SSSR count). The van der Waals surface area contributed by atoms with Gasteiger partial charge in [-0.15, -0.1) is 0 Å². The Hall–Kier alpha value is -1.97. The second-order valence-corrected chi connectivity index (χ2v) is 3.80. The van der Waals surface area contributed by atoms with Crippen molar-refractivity contribution < 1.29 is 20.1 Å². The van der Waals surface area contributed by atoms with Crippen LogP contribution in [-0.4, -0.2) is 49.8 Å². The molecule has 8 nitrogen and oxygen atoms in total. The van der Waals surface area contributed by atoms with Crippen molar-refractivity contribution in [2.45, 2.75) is 24.5 Å². The van der Waals surface area contributed by atoms with Crippen molar-refractivity contribution in [2.24, 2.45) is 0 Å². The Balaban J connectivity index is 2.37. The van der Waals surface area contributed by atoms with Crippen molar-refractivity contribution in [1.82, 2.24) is 9.55 Å². The molecule has 0 aliphatic carbocycles. The third kappa shape index (κ3) is 1.74. The van der Waals surface area contributed by atoms with Crippen molar-refractivity contribution in [3.8, 4) is 12.1 Å². The Morgan fingerprint density at radius 3 is 2.56 bits per heavy atom. The first-order valence-corrected chi connectivity index (χ1v) is 5.13. The molecule has 4 atom stereocenters. The largest absolute Gasteiger partial charge is 0.394 e. The van der Waals surface area contributed by atoms with Crippen LogP contribution < -0.4 is 0 Å². The van der Waals surface area contributed by atoms with Crippen LogP contribution in [0, 0.1) is 22.7 Å². The zero-order valence-corrected chi connectivity index (χ0v) is 9.13. The highest BCUT2D eigenvalue weighted by atomic mass is 16.6. The molecule has 1 aliphatic rings. The lowest BCUT2D eigenvalue weighted by atomic mass is 10.1. The van der Waals surface area contributed by atoms with Crippen LogP contribution in [0.15, 0.2) is 6.33 Å². The van der Waals surface area contributed by atoms with E-state index < -0.39 is 31.1 Å². The first-order chi connectivity index (χ1) is 8.63. The Bertz CT molecular complexity index is 529. The van der Waals surface area contributed by atoms with E-state index in [4.69, 9.17) is 20.4 Å². The summed E-state index contributed by atoms with van der Waals surface area (Å²) in [6.45, 7) is -0.462. The molecule has 0 saturated carbocycles. The molecule has 2 heterocycles. The summed E-state index contributed by atoms with van der Waals surface area (Å²) in [7, 11) is 0. The molecule has 0 amide bonds. The summed E-state index contributed by atoms with van der Waals surface area (Å²) >= 11 is 0. The fourth-order valence-electron chi connectivity index (χ4n) is 1.86. The molecule has 0 radical (unpaired) electrons. The zero-order valence-electron chi connectivity index (χ0n) is 9.13. The van der Waals surface area contributed by atoms with Crippen LogP contribution in [0.2, 0.25) is 0 Å². The van der Waals surface area contributed by atoms with Crippen molar-refractivity contribution >= 4 is 0 Å². The average Bonchev–Trinajstić information content (AvgIpc) is 2.92. The van der Waals surface area contributed by atoms with Gasteiger partial charge in [-0.2, -0.15) is 10.5 Å². The highest BCUT2D eigenvalue weighted by molar-refractivity contribution is 5.36. The molecular weight excluding hydrogens is 240 g/mol. The van der Waals surface area contributed by atoms with Gasteiger partial charge in [-0.25, -0.2) is 4.98 Å². The van der Waals surface area contributed by atoms with E-state index in [1.165, 1.54) is 10.9 Å². The van der Waals surface area contributed by atoms with Crippen LogP contribution in [0.3, 0.4) is 0 Å². The number of hydrogen-bond acceptors (Lipinski definition) is 7. The van der Waals surface area contributed by atoms with Crippen molar-refractivity contribution in [2.75, 3.05) is 6.61 Å². The predicted octanol–water partition coefficient (Wildman–Crippen LogP) is -1.76. The molecule has 0 unspecified atom stereocenters. The van der Waals surface area contributed by atoms with E-state index in [0.717, 1.165) is 0 Å². The predicted molar refractivity (Wildman–Crippen MR) is 54.7 cm³/mol. The SMILES string of the molecule is N#Cc1ncn([C@H]2O[C@@H](CO)[C@H](O)[C@@H]2O)c1C#N. The molecule has 8 heteroatoms.